The summed E-state index contributed by atoms with van der Waals surface area (Å²) in [6.07, 6.45) is 85.7. The van der Waals surface area contributed by atoms with Crippen molar-refractivity contribution in [2.45, 2.75) is 438 Å². The van der Waals surface area contributed by atoms with E-state index in [-0.39, 0.29) is 31.1 Å². The number of carbonyl (C=O) groups excluding carboxylic acids is 3. The average molecular weight is 1140 g/mol. The summed E-state index contributed by atoms with van der Waals surface area (Å²) in [4.78, 5) is 38.3. The number of hydrogen-bond acceptors (Lipinski definition) is 6. The quantitative estimate of drug-likeness (QED) is 0.0261. The third kappa shape index (κ3) is 68.8. The second-order valence-corrected chi connectivity index (χ2v) is 25.6. The summed E-state index contributed by atoms with van der Waals surface area (Å²) < 4.78 is 17.0. The Kier molecular flexibility index (Phi) is 69.0. The molecule has 0 aliphatic heterocycles. The molecule has 6 heteroatoms. The molecule has 0 aromatic heterocycles. The Bertz CT molecular complexity index is 1260. The minimum absolute atomic E-state index is 0.0622. The summed E-state index contributed by atoms with van der Waals surface area (Å²) in [6, 6.07) is 0. The molecule has 0 fully saturated rings. The van der Waals surface area contributed by atoms with Crippen molar-refractivity contribution in [3.63, 3.8) is 0 Å². The van der Waals surface area contributed by atoms with Crippen molar-refractivity contribution >= 4 is 17.9 Å². The molecule has 480 valence electrons. The van der Waals surface area contributed by atoms with Gasteiger partial charge in [-0.3, -0.25) is 14.4 Å². The first kappa shape index (κ1) is 79.2. The third-order valence-corrected chi connectivity index (χ3v) is 17.3. The lowest BCUT2D eigenvalue weighted by Crippen LogP contribution is -2.30. The van der Waals surface area contributed by atoms with Gasteiger partial charge in [0.1, 0.15) is 13.2 Å². The summed E-state index contributed by atoms with van der Waals surface area (Å²) in [5, 5.41) is 0. The van der Waals surface area contributed by atoms with Gasteiger partial charge in [0.2, 0.25) is 0 Å². The van der Waals surface area contributed by atoms with E-state index < -0.39 is 6.10 Å². The minimum Gasteiger partial charge on any atom is -0.462 e. The zero-order valence-corrected chi connectivity index (χ0v) is 55.4. The highest BCUT2D eigenvalue weighted by molar-refractivity contribution is 5.71. The fraction of sp³-hybridized carbons (Fsp3) is 0.933. The summed E-state index contributed by atoms with van der Waals surface area (Å²) in [5.41, 5.74) is 0. The van der Waals surface area contributed by atoms with Crippen LogP contribution in [0.2, 0.25) is 0 Å². The van der Waals surface area contributed by atoms with Crippen LogP contribution in [-0.4, -0.2) is 37.2 Å². The molecule has 0 bridgehead atoms. The SMILES string of the molecule is CCCCCCCCCC/C=C\CCCCCCCCCCCCCCCCCCCCCC(=O)OCC(COC(=O)CCCCCCCCCCC)OC(=O)CCCCCCCCCCCCCCCCCCCCCCCCC. The number of rotatable bonds is 70. The fourth-order valence-electron chi connectivity index (χ4n) is 11.7. The Morgan fingerprint density at radius 2 is 0.407 bits per heavy atom. The Hall–Kier alpha value is -1.85. The van der Waals surface area contributed by atoms with Crippen LogP contribution in [0, 0.1) is 0 Å². The van der Waals surface area contributed by atoms with Crippen molar-refractivity contribution in [1.29, 1.82) is 0 Å². The lowest BCUT2D eigenvalue weighted by molar-refractivity contribution is -0.167. The average Bonchev–Trinajstić information content (AvgIpc) is 3.47. The van der Waals surface area contributed by atoms with Crippen LogP contribution in [0.3, 0.4) is 0 Å². The molecular formula is C75H144O6. The zero-order chi connectivity index (χ0) is 58.5. The van der Waals surface area contributed by atoms with Gasteiger partial charge >= 0.3 is 17.9 Å². The third-order valence-electron chi connectivity index (χ3n) is 17.3. The van der Waals surface area contributed by atoms with E-state index in [0.717, 1.165) is 57.8 Å². The molecule has 1 unspecified atom stereocenters. The fourth-order valence-corrected chi connectivity index (χ4v) is 11.7. The Morgan fingerprint density at radius 3 is 0.617 bits per heavy atom. The maximum absolute atomic E-state index is 12.9. The highest BCUT2D eigenvalue weighted by Crippen LogP contribution is 2.19. The van der Waals surface area contributed by atoms with E-state index in [2.05, 4.69) is 32.9 Å². The maximum atomic E-state index is 12.9. The number of hydrogen-bond donors (Lipinski definition) is 0. The molecule has 0 heterocycles. The highest BCUT2D eigenvalue weighted by atomic mass is 16.6. The first-order valence-electron chi connectivity index (χ1n) is 37.2. The van der Waals surface area contributed by atoms with Crippen LogP contribution in [0.15, 0.2) is 12.2 Å². The predicted molar refractivity (Wildman–Crippen MR) is 353 cm³/mol. The molecule has 0 N–H and O–H groups in total. The summed E-state index contributed by atoms with van der Waals surface area (Å²) in [5.74, 6) is -0.829. The van der Waals surface area contributed by atoms with Crippen LogP contribution < -0.4 is 0 Å². The molecule has 1 atom stereocenters. The van der Waals surface area contributed by atoms with Crippen LogP contribution in [0.1, 0.15) is 432 Å². The number of unbranched alkanes of at least 4 members (excludes halogenated alkanes) is 57. The van der Waals surface area contributed by atoms with Crippen LogP contribution in [-0.2, 0) is 28.6 Å². The molecule has 0 aromatic rings. The molecule has 0 aliphatic carbocycles. The normalized spacial score (nSPS) is 12.0. The zero-order valence-electron chi connectivity index (χ0n) is 55.4. The van der Waals surface area contributed by atoms with Gasteiger partial charge in [-0.1, -0.05) is 380 Å². The van der Waals surface area contributed by atoms with Gasteiger partial charge in [-0.05, 0) is 44.9 Å². The van der Waals surface area contributed by atoms with Gasteiger partial charge < -0.3 is 14.2 Å². The first-order valence-corrected chi connectivity index (χ1v) is 37.2. The lowest BCUT2D eigenvalue weighted by Gasteiger charge is -2.18. The van der Waals surface area contributed by atoms with Crippen LogP contribution in [0.4, 0.5) is 0 Å². The highest BCUT2D eigenvalue weighted by Gasteiger charge is 2.20. The molecule has 0 aromatic carbocycles. The molecule has 0 saturated carbocycles. The van der Waals surface area contributed by atoms with Crippen molar-refractivity contribution in [3.8, 4) is 0 Å². The van der Waals surface area contributed by atoms with Gasteiger partial charge in [-0.2, -0.15) is 0 Å². The second kappa shape index (κ2) is 70.6. The lowest BCUT2D eigenvalue weighted by atomic mass is 10.0. The largest absolute Gasteiger partial charge is 0.462 e. The van der Waals surface area contributed by atoms with Gasteiger partial charge in [-0.25, -0.2) is 0 Å². The monoisotopic (exact) mass is 1140 g/mol. The predicted octanol–water partition coefficient (Wildman–Crippen LogP) is 25.6. The second-order valence-electron chi connectivity index (χ2n) is 25.6. The van der Waals surface area contributed by atoms with E-state index in [1.807, 2.05) is 0 Å². The smallest absolute Gasteiger partial charge is 0.306 e. The molecule has 0 amide bonds. The van der Waals surface area contributed by atoms with Gasteiger partial charge in [0.25, 0.3) is 0 Å². The van der Waals surface area contributed by atoms with Gasteiger partial charge in [0.05, 0.1) is 0 Å². The summed E-state index contributed by atoms with van der Waals surface area (Å²) in [7, 11) is 0. The molecule has 81 heavy (non-hydrogen) atoms. The van der Waals surface area contributed by atoms with Crippen molar-refractivity contribution in [1.82, 2.24) is 0 Å². The van der Waals surface area contributed by atoms with E-state index in [1.54, 1.807) is 0 Å². The van der Waals surface area contributed by atoms with Gasteiger partial charge in [-0.15, -0.1) is 0 Å². The molecule has 0 aliphatic rings. The van der Waals surface area contributed by atoms with E-state index in [0.29, 0.717) is 19.3 Å². The van der Waals surface area contributed by atoms with E-state index in [9.17, 15) is 14.4 Å². The van der Waals surface area contributed by atoms with Crippen molar-refractivity contribution in [3.05, 3.63) is 12.2 Å². The standard InChI is InChI=1S/C75H144O6/c1-4-7-10-13-16-19-21-23-25-27-29-31-33-34-35-36-37-38-39-40-42-43-45-47-49-51-53-56-59-62-65-68-74(77)80-71-72(70-79-73(76)67-64-61-58-55-18-15-12-9-6-3)81-75(78)69-66-63-60-57-54-52-50-48-46-44-41-32-30-28-26-24-22-20-17-14-11-8-5-2/h27,29,72H,4-26,28,30-71H2,1-3H3/b29-27-. The van der Waals surface area contributed by atoms with Crippen LogP contribution in [0.25, 0.3) is 0 Å². The van der Waals surface area contributed by atoms with Gasteiger partial charge in [0, 0.05) is 19.3 Å². The molecular weight excluding hydrogens is 997 g/mol. The van der Waals surface area contributed by atoms with E-state index in [1.165, 1.54) is 334 Å². The molecule has 0 rings (SSSR count). The topological polar surface area (TPSA) is 78.9 Å². The number of esters is 3. The van der Waals surface area contributed by atoms with Crippen LogP contribution in [0.5, 0.6) is 0 Å². The molecule has 0 radical (unpaired) electrons. The van der Waals surface area contributed by atoms with E-state index in [4.69, 9.17) is 14.2 Å². The van der Waals surface area contributed by atoms with Crippen molar-refractivity contribution < 1.29 is 28.6 Å². The summed E-state index contributed by atoms with van der Waals surface area (Å²) in [6.45, 7) is 6.71. The Balaban J connectivity index is 4.03. The minimum atomic E-state index is -0.764. The van der Waals surface area contributed by atoms with Gasteiger partial charge in [0.15, 0.2) is 6.10 Å². The van der Waals surface area contributed by atoms with Crippen molar-refractivity contribution in [2.75, 3.05) is 13.2 Å². The molecule has 6 nitrogen and oxygen atoms in total. The van der Waals surface area contributed by atoms with Crippen molar-refractivity contribution in [2.24, 2.45) is 0 Å². The molecule has 0 spiro atoms. The van der Waals surface area contributed by atoms with E-state index >= 15 is 0 Å². The van der Waals surface area contributed by atoms with Crippen LogP contribution >= 0.6 is 0 Å². The Labute approximate surface area is 507 Å². The Morgan fingerprint density at radius 1 is 0.235 bits per heavy atom. The first-order chi connectivity index (χ1) is 40.0. The number of ether oxygens (including phenoxy) is 3. The molecule has 0 saturated heterocycles. The summed E-state index contributed by atoms with van der Waals surface area (Å²) >= 11 is 0. The number of carbonyl (C=O) groups is 3. The number of allylic oxidation sites excluding steroid dienone is 2. The maximum Gasteiger partial charge on any atom is 0.306 e.